The van der Waals surface area contributed by atoms with Crippen LogP contribution in [-0.2, 0) is 15.0 Å². The summed E-state index contributed by atoms with van der Waals surface area (Å²) in [5.41, 5.74) is 0.757. The molecular formula is C19H19NO4. The molecule has 2 amide bonds. The number of imide groups is 1. The minimum absolute atomic E-state index is 0.140. The largest absolute Gasteiger partial charge is 0.493 e. The fraction of sp³-hybridized carbons (Fsp3) is 0.368. The standard InChI is InChI=1S/C19H19NO4/c1-3-10-20-16(21)11-19-12-6-4-8-14(23-2)17(12)24-15(19)9-5-7-13(19)18(20)22/h4-9,15H,3,10-11H2,1-2H3. The van der Waals surface area contributed by atoms with Crippen LogP contribution in [0.4, 0.5) is 0 Å². The number of para-hydroxylation sites is 1. The Morgan fingerprint density at radius 2 is 2.21 bits per heavy atom. The molecule has 1 fully saturated rings. The zero-order valence-corrected chi connectivity index (χ0v) is 13.7. The molecule has 1 aromatic rings. The number of amides is 2. The Balaban J connectivity index is 1.90. The maximum absolute atomic E-state index is 13.0. The summed E-state index contributed by atoms with van der Waals surface area (Å²) in [4.78, 5) is 27.1. The molecule has 124 valence electrons. The Hall–Kier alpha value is -2.56. The average molecular weight is 325 g/mol. The highest BCUT2D eigenvalue weighted by Gasteiger charge is 2.59. The van der Waals surface area contributed by atoms with Crippen molar-refractivity contribution in [2.45, 2.75) is 31.3 Å². The van der Waals surface area contributed by atoms with Crippen LogP contribution in [0.1, 0.15) is 25.3 Å². The zero-order valence-electron chi connectivity index (χ0n) is 13.7. The van der Waals surface area contributed by atoms with Gasteiger partial charge in [0.25, 0.3) is 5.91 Å². The molecule has 0 bridgehead atoms. The quantitative estimate of drug-likeness (QED) is 0.801. The molecule has 5 nitrogen and oxygen atoms in total. The molecule has 3 aliphatic rings. The molecule has 1 aliphatic carbocycles. The van der Waals surface area contributed by atoms with E-state index in [1.807, 2.05) is 43.4 Å². The van der Waals surface area contributed by atoms with Gasteiger partial charge in [-0.3, -0.25) is 14.5 Å². The second-order valence-corrected chi connectivity index (χ2v) is 6.34. The summed E-state index contributed by atoms with van der Waals surface area (Å²) in [6.07, 6.45) is 6.21. The number of hydrogen-bond acceptors (Lipinski definition) is 4. The number of likely N-dealkylation sites (tertiary alicyclic amines) is 1. The number of ether oxygens (including phenoxy) is 2. The minimum atomic E-state index is -0.739. The lowest BCUT2D eigenvalue weighted by molar-refractivity contribution is -0.147. The highest BCUT2D eigenvalue weighted by Crippen LogP contribution is 2.56. The van der Waals surface area contributed by atoms with E-state index < -0.39 is 5.41 Å². The van der Waals surface area contributed by atoms with Crippen molar-refractivity contribution in [3.63, 3.8) is 0 Å². The molecule has 2 aliphatic heterocycles. The van der Waals surface area contributed by atoms with Crippen molar-refractivity contribution in [1.82, 2.24) is 4.90 Å². The fourth-order valence-corrected chi connectivity index (χ4v) is 4.03. The van der Waals surface area contributed by atoms with Crippen molar-refractivity contribution in [2.24, 2.45) is 0 Å². The molecule has 1 spiro atoms. The van der Waals surface area contributed by atoms with Gasteiger partial charge in [0.2, 0.25) is 5.91 Å². The van der Waals surface area contributed by atoms with Crippen LogP contribution in [0.5, 0.6) is 11.5 Å². The van der Waals surface area contributed by atoms with Crippen LogP contribution in [0.3, 0.4) is 0 Å². The summed E-state index contributed by atoms with van der Waals surface area (Å²) < 4.78 is 11.5. The van der Waals surface area contributed by atoms with E-state index in [0.717, 1.165) is 12.0 Å². The van der Waals surface area contributed by atoms with E-state index in [1.54, 1.807) is 7.11 Å². The van der Waals surface area contributed by atoms with Gasteiger partial charge < -0.3 is 9.47 Å². The van der Waals surface area contributed by atoms with Crippen molar-refractivity contribution in [3.8, 4) is 11.5 Å². The lowest BCUT2D eigenvalue weighted by Gasteiger charge is -2.42. The third-order valence-electron chi connectivity index (χ3n) is 5.09. The smallest absolute Gasteiger partial charge is 0.257 e. The Labute approximate surface area is 140 Å². The number of carbonyl (C=O) groups excluding carboxylic acids is 2. The number of piperidine rings is 1. The predicted octanol–water partition coefficient (Wildman–Crippen LogP) is 2.36. The van der Waals surface area contributed by atoms with E-state index in [0.29, 0.717) is 23.6 Å². The SMILES string of the molecule is CCCN1C(=O)CC23C(=CC=CC2Oc2c(OC)cccc23)C1=O. The number of benzene rings is 1. The van der Waals surface area contributed by atoms with E-state index in [4.69, 9.17) is 9.47 Å². The van der Waals surface area contributed by atoms with Crippen LogP contribution in [0.25, 0.3) is 0 Å². The maximum atomic E-state index is 13.0. The van der Waals surface area contributed by atoms with Gasteiger partial charge in [0.1, 0.15) is 6.10 Å². The van der Waals surface area contributed by atoms with Gasteiger partial charge in [0, 0.05) is 24.1 Å². The van der Waals surface area contributed by atoms with Crippen LogP contribution in [0, 0.1) is 0 Å². The number of methoxy groups -OCH3 is 1. The minimum Gasteiger partial charge on any atom is -0.493 e. The molecule has 2 heterocycles. The first kappa shape index (κ1) is 15.0. The molecule has 0 aromatic heterocycles. The number of nitrogens with zero attached hydrogens (tertiary/aromatic N) is 1. The first-order chi connectivity index (χ1) is 11.6. The molecule has 0 saturated carbocycles. The monoisotopic (exact) mass is 325 g/mol. The zero-order chi connectivity index (χ0) is 16.9. The summed E-state index contributed by atoms with van der Waals surface area (Å²) in [5.74, 6) is 0.909. The normalized spacial score (nSPS) is 27.2. The van der Waals surface area contributed by atoms with Crippen LogP contribution in [0.15, 0.2) is 42.0 Å². The van der Waals surface area contributed by atoms with Gasteiger partial charge >= 0.3 is 0 Å². The summed E-state index contributed by atoms with van der Waals surface area (Å²) in [6, 6.07) is 5.64. The number of fused-ring (bicyclic) bond motifs is 1. The molecule has 0 radical (unpaired) electrons. The first-order valence-electron chi connectivity index (χ1n) is 8.21. The molecule has 2 unspecified atom stereocenters. The molecule has 0 N–H and O–H groups in total. The van der Waals surface area contributed by atoms with Gasteiger partial charge in [-0.25, -0.2) is 0 Å². The summed E-state index contributed by atoms with van der Waals surface area (Å²) >= 11 is 0. The predicted molar refractivity (Wildman–Crippen MR) is 87.9 cm³/mol. The van der Waals surface area contributed by atoms with Crippen LogP contribution in [0.2, 0.25) is 0 Å². The third-order valence-corrected chi connectivity index (χ3v) is 5.09. The Morgan fingerprint density at radius 3 is 2.96 bits per heavy atom. The fourth-order valence-electron chi connectivity index (χ4n) is 4.03. The molecule has 1 aromatic carbocycles. The van der Waals surface area contributed by atoms with E-state index in [9.17, 15) is 9.59 Å². The Morgan fingerprint density at radius 1 is 1.38 bits per heavy atom. The van der Waals surface area contributed by atoms with E-state index >= 15 is 0 Å². The molecule has 5 heteroatoms. The Kier molecular flexibility index (Phi) is 3.27. The molecule has 1 saturated heterocycles. The number of allylic oxidation sites excluding steroid dienone is 2. The molecule has 2 atom stereocenters. The average Bonchev–Trinajstić information content (AvgIpc) is 2.91. The number of hydrogen-bond donors (Lipinski definition) is 0. The van der Waals surface area contributed by atoms with E-state index in [2.05, 4.69) is 0 Å². The van der Waals surface area contributed by atoms with Crippen LogP contribution in [-0.4, -0.2) is 36.5 Å². The Bertz CT molecular complexity index is 795. The van der Waals surface area contributed by atoms with E-state index in [-0.39, 0.29) is 24.3 Å². The second kappa shape index (κ2) is 5.23. The van der Waals surface area contributed by atoms with Gasteiger partial charge in [-0.15, -0.1) is 0 Å². The summed E-state index contributed by atoms with van der Waals surface area (Å²) in [7, 11) is 1.59. The van der Waals surface area contributed by atoms with Crippen LogP contribution >= 0.6 is 0 Å². The van der Waals surface area contributed by atoms with Gasteiger partial charge in [-0.1, -0.05) is 31.2 Å². The van der Waals surface area contributed by atoms with Gasteiger partial charge in [0.05, 0.1) is 12.5 Å². The number of carbonyl (C=O) groups is 2. The molecule has 24 heavy (non-hydrogen) atoms. The van der Waals surface area contributed by atoms with Gasteiger partial charge in [-0.2, -0.15) is 0 Å². The number of rotatable bonds is 3. The summed E-state index contributed by atoms with van der Waals surface area (Å²) in [6.45, 7) is 2.41. The summed E-state index contributed by atoms with van der Waals surface area (Å²) in [5, 5.41) is 0. The lowest BCUT2D eigenvalue weighted by atomic mass is 9.64. The van der Waals surface area contributed by atoms with Crippen molar-refractivity contribution in [3.05, 3.63) is 47.6 Å². The second-order valence-electron chi connectivity index (χ2n) is 6.34. The van der Waals surface area contributed by atoms with Gasteiger partial charge in [-0.05, 0) is 18.6 Å². The first-order valence-corrected chi connectivity index (χ1v) is 8.21. The third kappa shape index (κ3) is 1.75. The van der Waals surface area contributed by atoms with Crippen molar-refractivity contribution in [2.75, 3.05) is 13.7 Å². The molecular weight excluding hydrogens is 306 g/mol. The van der Waals surface area contributed by atoms with Crippen molar-refractivity contribution < 1.29 is 19.1 Å². The van der Waals surface area contributed by atoms with Gasteiger partial charge in [0.15, 0.2) is 11.5 Å². The highest BCUT2D eigenvalue weighted by atomic mass is 16.5. The highest BCUT2D eigenvalue weighted by molar-refractivity contribution is 6.11. The van der Waals surface area contributed by atoms with E-state index in [1.165, 1.54) is 4.90 Å². The lowest BCUT2D eigenvalue weighted by Crippen LogP contribution is -2.56. The molecule has 4 rings (SSSR count). The topological polar surface area (TPSA) is 55.8 Å². The van der Waals surface area contributed by atoms with Crippen LogP contribution < -0.4 is 9.47 Å². The van der Waals surface area contributed by atoms with Crippen molar-refractivity contribution >= 4 is 11.8 Å². The maximum Gasteiger partial charge on any atom is 0.257 e. The van der Waals surface area contributed by atoms with Crippen molar-refractivity contribution in [1.29, 1.82) is 0 Å².